The van der Waals surface area contributed by atoms with E-state index in [0.29, 0.717) is 19.3 Å². The summed E-state index contributed by atoms with van der Waals surface area (Å²) in [6.45, 7) is 8.86. The van der Waals surface area contributed by atoms with Crippen LogP contribution < -0.4 is 0 Å². The molecular weight excluding hydrogens is 564 g/mol. The van der Waals surface area contributed by atoms with Gasteiger partial charge in [0.05, 0.1) is 0 Å². The van der Waals surface area contributed by atoms with E-state index in [1.165, 1.54) is 103 Å². The van der Waals surface area contributed by atoms with Crippen LogP contribution in [0.3, 0.4) is 0 Å². The highest BCUT2D eigenvalue weighted by Gasteiger charge is 2.19. The number of carbonyl (C=O) groups is 3. The Kier molecular flexibility index (Phi) is 32.6. The van der Waals surface area contributed by atoms with Crippen molar-refractivity contribution >= 4 is 17.9 Å². The van der Waals surface area contributed by atoms with Crippen LogP contribution in [0.2, 0.25) is 0 Å². The van der Waals surface area contributed by atoms with Crippen molar-refractivity contribution in [2.24, 2.45) is 5.92 Å². The zero-order valence-corrected chi connectivity index (χ0v) is 30.3. The van der Waals surface area contributed by atoms with Crippen LogP contribution in [0.15, 0.2) is 0 Å². The number of rotatable bonds is 34. The number of ether oxygens (including phenoxy) is 3. The molecule has 0 radical (unpaired) electrons. The lowest BCUT2D eigenvalue weighted by Crippen LogP contribution is -2.30. The summed E-state index contributed by atoms with van der Waals surface area (Å²) in [5, 5.41) is 0. The first-order valence-corrected chi connectivity index (χ1v) is 19.4. The van der Waals surface area contributed by atoms with Crippen molar-refractivity contribution in [2.75, 3.05) is 13.2 Å². The van der Waals surface area contributed by atoms with Gasteiger partial charge in [0.1, 0.15) is 13.2 Å². The van der Waals surface area contributed by atoms with Crippen molar-refractivity contribution < 1.29 is 28.6 Å². The summed E-state index contributed by atoms with van der Waals surface area (Å²) in [6, 6.07) is 0. The summed E-state index contributed by atoms with van der Waals surface area (Å²) >= 11 is 0. The summed E-state index contributed by atoms with van der Waals surface area (Å²) in [5.74, 6) is -0.0929. The second kappa shape index (κ2) is 33.8. The largest absolute Gasteiger partial charge is 0.462 e. The predicted octanol–water partition coefficient (Wildman–Crippen LogP) is 11.6. The van der Waals surface area contributed by atoms with Gasteiger partial charge < -0.3 is 14.2 Å². The minimum absolute atomic E-state index is 0.0663. The monoisotopic (exact) mass is 639 g/mol. The molecule has 0 heterocycles. The van der Waals surface area contributed by atoms with Crippen molar-refractivity contribution in [2.45, 2.75) is 214 Å². The van der Waals surface area contributed by atoms with Crippen LogP contribution in [-0.2, 0) is 28.6 Å². The third-order valence-electron chi connectivity index (χ3n) is 8.54. The van der Waals surface area contributed by atoms with Gasteiger partial charge in [-0.2, -0.15) is 0 Å². The lowest BCUT2D eigenvalue weighted by molar-refractivity contribution is -0.167. The molecule has 0 rings (SSSR count). The maximum Gasteiger partial charge on any atom is 0.306 e. The normalized spacial score (nSPS) is 11.9. The van der Waals surface area contributed by atoms with Crippen molar-refractivity contribution in [3.8, 4) is 0 Å². The summed E-state index contributed by atoms with van der Waals surface area (Å²) in [5.41, 5.74) is 0. The standard InChI is InChI=1S/C39H74O6/c1-5-7-9-11-13-14-15-19-24-28-32-39(42)45-36(33-43-37(40)30-26-22-17-12-10-8-6-2)34-44-38(41)31-27-23-20-16-18-21-25-29-35(3)4/h35-36H,5-34H2,1-4H3/t36-/m0/s1. The Labute approximate surface area is 278 Å². The fraction of sp³-hybridized carbons (Fsp3) is 0.923. The minimum atomic E-state index is -0.756. The topological polar surface area (TPSA) is 78.9 Å². The van der Waals surface area contributed by atoms with Gasteiger partial charge in [0.2, 0.25) is 0 Å². The van der Waals surface area contributed by atoms with Gasteiger partial charge in [-0.1, -0.05) is 169 Å². The Morgan fingerprint density at radius 2 is 0.733 bits per heavy atom. The first kappa shape index (κ1) is 43.4. The third kappa shape index (κ3) is 33.6. The molecular formula is C39H74O6. The average molecular weight is 639 g/mol. The van der Waals surface area contributed by atoms with Crippen LogP contribution in [0.5, 0.6) is 0 Å². The van der Waals surface area contributed by atoms with E-state index in [4.69, 9.17) is 14.2 Å². The highest BCUT2D eigenvalue weighted by molar-refractivity contribution is 5.71. The fourth-order valence-corrected chi connectivity index (χ4v) is 5.57. The van der Waals surface area contributed by atoms with E-state index in [-0.39, 0.29) is 31.1 Å². The van der Waals surface area contributed by atoms with Gasteiger partial charge in [-0.3, -0.25) is 14.4 Å². The van der Waals surface area contributed by atoms with E-state index in [9.17, 15) is 14.4 Å². The molecule has 0 aromatic rings. The summed E-state index contributed by atoms with van der Waals surface area (Å²) in [6.07, 6.45) is 29.6. The quantitative estimate of drug-likeness (QED) is 0.0396. The van der Waals surface area contributed by atoms with Crippen LogP contribution >= 0.6 is 0 Å². The Balaban J connectivity index is 4.34. The van der Waals surface area contributed by atoms with Crippen LogP contribution in [0.1, 0.15) is 207 Å². The molecule has 0 aromatic heterocycles. The second-order valence-electron chi connectivity index (χ2n) is 13.7. The van der Waals surface area contributed by atoms with Crippen molar-refractivity contribution in [1.29, 1.82) is 0 Å². The van der Waals surface area contributed by atoms with Gasteiger partial charge in [-0.15, -0.1) is 0 Å². The molecule has 45 heavy (non-hydrogen) atoms. The van der Waals surface area contributed by atoms with Gasteiger partial charge in [0.15, 0.2) is 6.10 Å². The van der Waals surface area contributed by atoms with E-state index in [1.807, 2.05) is 0 Å². The molecule has 266 valence electrons. The van der Waals surface area contributed by atoms with Gasteiger partial charge in [0.25, 0.3) is 0 Å². The van der Waals surface area contributed by atoms with E-state index < -0.39 is 6.10 Å². The van der Waals surface area contributed by atoms with Gasteiger partial charge in [0, 0.05) is 19.3 Å². The minimum Gasteiger partial charge on any atom is -0.462 e. The summed E-state index contributed by atoms with van der Waals surface area (Å²) in [7, 11) is 0. The number of esters is 3. The SMILES string of the molecule is CCCCCCCCCCCCC(=O)O[C@@H](COC(=O)CCCCCCCCC)COC(=O)CCCCCCCCCC(C)C. The molecule has 0 bridgehead atoms. The number of unbranched alkanes of at least 4 members (excludes halogenated alkanes) is 21. The first-order valence-electron chi connectivity index (χ1n) is 19.4. The summed E-state index contributed by atoms with van der Waals surface area (Å²) in [4.78, 5) is 37.3. The smallest absolute Gasteiger partial charge is 0.306 e. The van der Waals surface area contributed by atoms with Crippen molar-refractivity contribution in [1.82, 2.24) is 0 Å². The number of carbonyl (C=O) groups excluding carboxylic acids is 3. The van der Waals surface area contributed by atoms with Gasteiger partial charge in [-0.05, 0) is 25.2 Å². The Hall–Kier alpha value is -1.59. The summed E-state index contributed by atoms with van der Waals surface area (Å²) < 4.78 is 16.5. The first-order chi connectivity index (χ1) is 21.9. The highest BCUT2D eigenvalue weighted by Crippen LogP contribution is 2.15. The lowest BCUT2D eigenvalue weighted by Gasteiger charge is -2.18. The molecule has 0 aliphatic carbocycles. The number of hydrogen-bond donors (Lipinski definition) is 0. The molecule has 0 fully saturated rings. The molecule has 0 saturated carbocycles. The van der Waals surface area contributed by atoms with E-state index >= 15 is 0 Å². The maximum atomic E-state index is 12.6. The molecule has 0 N–H and O–H groups in total. The maximum absolute atomic E-state index is 12.6. The molecule has 0 aliphatic heterocycles. The Morgan fingerprint density at radius 1 is 0.422 bits per heavy atom. The molecule has 6 nitrogen and oxygen atoms in total. The van der Waals surface area contributed by atoms with Crippen LogP contribution in [-0.4, -0.2) is 37.2 Å². The fourth-order valence-electron chi connectivity index (χ4n) is 5.57. The molecule has 0 saturated heterocycles. The van der Waals surface area contributed by atoms with E-state index in [0.717, 1.165) is 63.7 Å². The second-order valence-corrected chi connectivity index (χ2v) is 13.7. The van der Waals surface area contributed by atoms with Crippen LogP contribution in [0.4, 0.5) is 0 Å². The zero-order chi connectivity index (χ0) is 33.2. The Morgan fingerprint density at radius 3 is 1.09 bits per heavy atom. The molecule has 0 unspecified atom stereocenters. The van der Waals surface area contributed by atoms with E-state index in [1.54, 1.807) is 0 Å². The molecule has 6 heteroatoms. The predicted molar refractivity (Wildman–Crippen MR) is 187 cm³/mol. The molecule has 0 spiro atoms. The van der Waals surface area contributed by atoms with Gasteiger partial charge >= 0.3 is 17.9 Å². The average Bonchev–Trinajstić information content (AvgIpc) is 3.01. The van der Waals surface area contributed by atoms with Crippen molar-refractivity contribution in [3.05, 3.63) is 0 Å². The number of hydrogen-bond acceptors (Lipinski definition) is 6. The zero-order valence-electron chi connectivity index (χ0n) is 30.3. The molecule has 1 atom stereocenters. The van der Waals surface area contributed by atoms with Crippen LogP contribution in [0, 0.1) is 5.92 Å². The lowest BCUT2D eigenvalue weighted by atomic mass is 10.0. The Bertz CT molecular complexity index is 676. The van der Waals surface area contributed by atoms with Crippen LogP contribution in [0.25, 0.3) is 0 Å². The third-order valence-corrected chi connectivity index (χ3v) is 8.54. The molecule has 0 aliphatic rings. The van der Waals surface area contributed by atoms with E-state index in [2.05, 4.69) is 27.7 Å². The van der Waals surface area contributed by atoms with Gasteiger partial charge in [-0.25, -0.2) is 0 Å². The van der Waals surface area contributed by atoms with Crippen molar-refractivity contribution in [3.63, 3.8) is 0 Å². The molecule has 0 aromatic carbocycles. The molecule has 0 amide bonds. The highest BCUT2D eigenvalue weighted by atomic mass is 16.6.